The van der Waals surface area contributed by atoms with Gasteiger partial charge in [0.2, 0.25) is 0 Å². The van der Waals surface area contributed by atoms with Gasteiger partial charge in [0.15, 0.2) is 0 Å². The molecule has 3 aromatic rings. The SMILES string of the molecule is CSC[C@H]1c2nccc3c4c(Br)c(O)ccc4n(c23)CN1C. The van der Waals surface area contributed by atoms with Gasteiger partial charge in [-0.05, 0) is 47.4 Å². The second kappa shape index (κ2) is 5.15. The maximum absolute atomic E-state index is 10.0. The van der Waals surface area contributed by atoms with Crippen molar-refractivity contribution in [2.75, 3.05) is 19.1 Å². The molecule has 0 spiro atoms. The Labute approximate surface area is 141 Å². The number of thioether (sulfide) groups is 1. The van der Waals surface area contributed by atoms with Crippen LogP contribution in [0.5, 0.6) is 5.75 Å². The molecule has 22 heavy (non-hydrogen) atoms. The van der Waals surface area contributed by atoms with Crippen molar-refractivity contribution in [3.05, 3.63) is 34.6 Å². The fraction of sp³-hybridized carbons (Fsp3) is 0.312. The van der Waals surface area contributed by atoms with Gasteiger partial charge in [-0.25, -0.2) is 0 Å². The summed E-state index contributed by atoms with van der Waals surface area (Å²) in [5, 5.41) is 12.3. The normalized spacial score (nSPS) is 18.4. The minimum Gasteiger partial charge on any atom is -0.507 e. The second-order valence-corrected chi connectivity index (χ2v) is 7.39. The average Bonchev–Trinajstić information content (AvgIpc) is 2.83. The lowest BCUT2D eigenvalue weighted by atomic mass is 10.1. The molecule has 0 bridgehead atoms. The highest BCUT2D eigenvalue weighted by Crippen LogP contribution is 2.43. The van der Waals surface area contributed by atoms with Crippen LogP contribution >= 0.6 is 27.7 Å². The van der Waals surface area contributed by atoms with Crippen LogP contribution in [0.3, 0.4) is 0 Å². The summed E-state index contributed by atoms with van der Waals surface area (Å²) in [7, 11) is 2.14. The highest BCUT2D eigenvalue weighted by atomic mass is 79.9. The van der Waals surface area contributed by atoms with E-state index in [0.29, 0.717) is 6.04 Å². The summed E-state index contributed by atoms with van der Waals surface area (Å²) in [6.45, 7) is 0.834. The number of aromatic hydroxyl groups is 1. The molecule has 1 N–H and O–H groups in total. The van der Waals surface area contributed by atoms with Crippen molar-refractivity contribution in [1.82, 2.24) is 14.5 Å². The molecule has 3 heterocycles. The van der Waals surface area contributed by atoms with Gasteiger partial charge in [-0.15, -0.1) is 0 Å². The number of benzene rings is 1. The summed E-state index contributed by atoms with van der Waals surface area (Å²) in [4.78, 5) is 7.02. The van der Waals surface area contributed by atoms with Crippen LogP contribution in [-0.4, -0.2) is 38.6 Å². The first kappa shape index (κ1) is 14.4. The molecule has 1 aromatic carbocycles. The maximum Gasteiger partial charge on any atom is 0.130 e. The Balaban J connectivity index is 2.15. The first-order valence-corrected chi connectivity index (χ1v) is 9.29. The first-order chi connectivity index (χ1) is 10.6. The number of rotatable bonds is 2. The van der Waals surface area contributed by atoms with E-state index < -0.39 is 0 Å². The van der Waals surface area contributed by atoms with Crippen molar-refractivity contribution >= 4 is 49.5 Å². The number of hydrogen-bond acceptors (Lipinski definition) is 4. The van der Waals surface area contributed by atoms with Gasteiger partial charge in [-0.3, -0.25) is 9.88 Å². The van der Waals surface area contributed by atoms with Gasteiger partial charge >= 0.3 is 0 Å². The lowest BCUT2D eigenvalue weighted by Crippen LogP contribution is -2.33. The highest BCUT2D eigenvalue weighted by Gasteiger charge is 2.29. The van der Waals surface area contributed by atoms with E-state index in [1.165, 1.54) is 5.52 Å². The Morgan fingerprint density at radius 1 is 1.41 bits per heavy atom. The molecule has 0 radical (unpaired) electrons. The second-order valence-electron chi connectivity index (χ2n) is 5.68. The topological polar surface area (TPSA) is 41.3 Å². The van der Waals surface area contributed by atoms with Crippen molar-refractivity contribution in [2.45, 2.75) is 12.7 Å². The quantitative estimate of drug-likeness (QED) is 0.733. The fourth-order valence-corrected chi connectivity index (χ4v) is 4.67. The zero-order chi connectivity index (χ0) is 15.4. The predicted molar refractivity (Wildman–Crippen MR) is 95.5 cm³/mol. The monoisotopic (exact) mass is 377 g/mol. The first-order valence-electron chi connectivity index (χ1n) is 7.11. The van der Waals surface area contributed by atoms with E-state index >= 15 is 0 Å². The summed E-state index contributed by atoms with van der Waals surface area (Å²) in [6, 6.07) is 6.10. The zero-order valence-electron chi connectivity index (χ0n) is 12.4. The number of nitrogens with zero attached hydrogens (tertiary/aromatic N) is 3. The molecular formula is C16H16BrN3OS. The minimum atomic E-state index is 0.276. The number of pyridine rings is 1. The maximum atomic E-state index is 10.0. The molecule has 0 amide bonds. The van der Waals surface area contributed by atoms with Gasteiger partial charge < -0.3 is 9.67 Å². The van der Waals surface area contributed by atoms with Crippen LogP contribution in [0, 0.1) is 0 Å². The minimum absolute atomic E-state index is 0.276. The van der Waals surface area contributed by atoms with Crippen molar-refractivity contribution in [1.29, 1.82) is 0 Å². The number of phenols is 1. The third-order valence-corrected chi connectivity index (χ3v) is 5.87. The summed E-state index contributed by atoms with van der Waals surface area (Å²) >= 11 is 5.39. The molecule has 1 aliphatic heterocycles. The Morgan fingerprint density at radius 3 is 3.00 bits per heavy atom. The molecule has 0 fully saturated rings. The largest absolute Gasteiger partial charge is 0.507 e. The van der Waals surface area contributed by atoms with Gasteiger partial charge in [0.05, 0.1) is 33.9 Å². The van der Waals surface area contributed by atoms with Gasteiger partial charge in [0, 0.05) is 22.7 Å². The van der Waals surface area contributed by atoms with Crippen LogP contribution in [0.2, 0.25) is 0 Å². The van der Waals surface area contributed by atoms with Crippen LogP contribution in [0.4, 0.5) is 0 Å². The Hall–Kier alpha value is -1.24. The smallest absolute Gasteiger partial charge is 0.130 e. The number of aromatic nitrogens is 2. The molecule has 6 heteroatoms. The summed E-state index contributed by atoms with van der Waals surface area (Å²) in [5.74, 6) is 1.30. The molecule has 0 unspecified atom stereocenters. The zero-order valence-corrected chi connectivity index (χ0v) is 14.8. The average molecular weight is 378 g/mol. The molecule has 1 atom stereocenters. The highest BCUT2D eigenvalue weighted by molar-refractivity contribution is 9.10. The van der Waals surface area contributed by atoms with E-state index in [1.807, 2.05) is 30.1 Å². The van der Waals surface area contributed by atoms with Crippen LogP contribution in [-0.2, 0) is 6.67 Å². The molecule has 0 aliphatic carbocycles. The Bertz CT molecular complexity index is 892. The Morgan fingerprint density at radius 2 is 2.23 bits per heavy atom. The Kier molecular flexibility index (Phi) is 3.36. The number of halogens is 1. The summed E-state index contributed by atoms with van der Waals surface area (Å²) in [5.41, 5.74) is 3.45. The van der Waals surface area contributed by atoms with E-state index in [-0.39, 0.29) is 5.75 Å². The summed E-state index contributed by atoms with van der Waals surface area (Å²) < 4.78 is 3.06. The molecular weight excluding hydrogens is 362 g/mol. The van der Waals surface area contributed by atoms with Gasteiger partial charge in [-0.1, -0.05) is 0 Å². The molecule has 4 nitrogen and oxygen atoms in total. The van der Waals surface area contributed by atoms with E-state index in [2.05, 4.69) is 43.7 Å². The molecule has 2 aromatic heterocycles. The van der Waals surface area contributed by atoms with Gasteiger partial charge in [-0.2, -0.15) is 11.8 Å². The third kappa shape index (κ3) is 1.84. The number of phenolic OH excluding ortho intramolecular Hbond substituents is 1. The molecule has 0 saturated heterocycles. The van der Waals surface area contributed by atoms with Gasteiger partial charge in [0.25, 0.3) is 0 Å². The van der Waals surface area contributed by atoms with Crippen LogP contribution in [0.25, 0.3) is 21.8 Å². The van der Waals surface area contributed by atoms with E-state index in [1.54, 1.807) is 6.07 Å². The number of fused-ring (bicyclic) bond motifs is 3. The molecule has 4 rings (SSSR count). The van der Waals surface area contributed by atoms with Crippen LogP contribution in [0.1, 0.15) is 11.7 Å². The third-order valence-electron chi connectivity index (χ3n) is 4.42. The van der Waals surface area contributed by atoms with E-state index in [9.17, 15) is 5.11 Å². The molecule has 114 valence electrons. The lowest BCUT2D eigenvalue weighted by molar-refractivity contribution is 0.201. The van der Waals surface area contributed by atoms with Crippen molar-refractivity contribution in [2.24, 2.45) is 0 Å². The van der Waals surface area contributed by atoms with E-state index in [4.69, 9.17) is 0 Å². The molecule has 1 aliphatic rings. The molecule has 0 saturated carbocycles. The van der Waals surface area contributed by atoms with Crippen molar-refractivity contribution in [3.8, 4) is 5.75 Å². The predicted octanol–water partition coefficient (Wildman–Crippen LogP) is 3.96. The van der Waals surface area contributed by atoms with Crippen LogP contribution in [0.15, 0.2) is 28.9 Å². The van der Waals surface area contributed by atoms with Crippen molar-refractivity contribution in [3.63, 3.8) is 0 Å². The number of hydrogen-bond donors (Lipinski definition) is 1. The van der Waals surface area contributed by atoms with Crippen LogP contribution < -0.4 is 0 Å². The lowest BCUT2D eigenvalue weighted by Gasteiger charge is -2.33. The van der Waals surface area contributed by atoms with Gasteiger partial charge in [0.1, 0.15) is 5.75 Å². The fourth-order valence-electron chi connectivity index (χ4n) is 3.40. The van der Waals surface area contributed by atoms with E-state index in [0.717, 1.165) is 38.9 Å². The standard InChI is InChI=1S/C16H16BrN3OS/c1-19-8-20-10-3-4-12(21)14(17)13(10)9-5-6-18-15(16(9)20)11(19)7-22-2/h3-6,11,21H,7-8H2,1-2H3/t11-/m0/s1. The van der Waals surface area contributed by atoms with Crippen molar-refractivity contribution < 1.29 is 5.11 Å². The summed E-state index contributed by atoms with van der Waals surface area (Å²) in [6.07, 6.45) is 4.01.